The molecule has 0 heterocycles. The van der Waals surface area contributed by atoms with E-state index in [0.29, 0.717) is 0 Å². The Bertz CT molecular complexity index is 52.5. The number of unbranched alkanes of at least 4 members (excludes halogenated alkanes) is 3. The van der Waals surface area contributed by atoms with Crippen molar-refractivity contribution in [2.24, 2.45) is 0 Å². The second kappa shape index (κ2) is 31.7. The van der Waals surface area contributed by atoms with Crippen LogP contribution in [0.25, 0.3) is 0 Å². The number of nitrogens with one attached hydrogen (secondary N) is 1. The highest BCUT2D eigenvalue weighted by molar-refractivity contribution is 5.11. The Morgan fingerprint density at radius 1 is 1.00 bits per heavy atom. The van der Waals surface area contributed by atoms with Crippen molar-refractivity contribution in [2.75, 3.05) is 13.6 Å². The molecule has 0 amide bonds. The van der Waals surface area contributed by atoms with Crippen LogP contribution in [0.15, 0.2) is 0 Å². The van der Waals surface area contributed by atoms with Crippen LogP contribution in [0.3, 0.4) is 0 Å². The van der Waals surface area contributed by atoms with Crippen molar-refractivity contribution in [2.45, 2.75) is 32.6 Å². The fourth-order valence-corrected chi connectivity index (χ4v) is 0.729. The fourth-order valence-electron chi connectivity index (χ4n) is 0.729. The molecule has 0 aliphatic heterocycles. The minimum atomic E-state index is 1.18. The number of hydrogen-bond acceptors (Lipinski definition) is 3. The van der Waals surface area contributed by atoms with Gasteiger partial charge in [0.2, 0.25) is 0 Å². The molecule has 3 nitrogen and oxygen atoms in total. The second-order valence-corrected chi connectivity index (χ2v) is 2.16. The normalized spacial score (nSPS) is 7.17. The molecule has 0 aliphatic carbocycles. The monoisotopic (exact) mass is 175 g/mol. The lowest BCUT2D eigenvalue weighted by molar-refractivity contribution is -0.0987. The van der Waals surface area contributed by atoms with E-state index in [0.717, 1.165) is 0 Å². The van der Waals surface area contributed by atoms with Crippen LogP contribution in [0.1, 0.15) is 32.6 Å². The van der Waals surface area contributed by atoms with Gasteiger partial charge in [-0.25, -0.2) is 0 Å². The van der Waals surface area contributed by atoms with Crippen molar-refractivity contribution in [3.05, 3.63) is 0 Å². The van der Waals surface area contributed by atoms with Crippen LogP contribution < -0.4 is 5.32 Å². The molecule has 0 aliphatic rings. The van der Waals surface area contributed by atoms with Crippen molar-refractivity contribution in [3.8, 4) is 0 Å². The minimum Gasteiger partial charge on any atom is -0.320 e. The lowest BCUT2D eigenvalue weighted by atomic mass is 10.2. The number of hydrogen-bond donors (Lipinski definition) is 1. The third-order valence-corrected chi connectivity index (χ3v) is 1.28. The third-order valence-electron chi connectivity index (χ3n) is 1.28. The highest BCUT2D eigenvalue weighted by atomic mass is 16.1. The maximum atomic E-state index is 8.00. The van der Waals surface area contributed by atoms with Crippen LogP contribution in [0.2, 0.25) is 0 Å². The van der Waals surface area contributed by atoms with Crippen molar-refractivity contribution in [1.82, 2.24) is 5.32 Å². The summed E-state index contributed by atoms with van der Waals surface area (Å²) in [5.41, 5.74) is 0. The molecule has 0 aromatic rings. The second-order valence-electron chi connectivity index (χ2n) is 2.16. The lowest BCUT2D eigenvalue weighted by Crippen LogP contribution is -2.06. The zero-order valence-corrected chi connectivity index (χ0v) is 8.27. The van der Waals surface area contributed by atoms with Gasteiger partial charge in [0.25, 0.3) is 0 Å². The van der Waals surface area contributed by atoms with E-state index in [1.807, 2.05) is 20.6 Å². The molecule has 0 aromatic heterocycles. The molecule has 0 fully saturated rings. The molecule has 0 aromatic carbocycles. The van der Waals surface area contributed by atoms with Crippen LogP contribution in [0, 0.1) is 0 Å². The zero-order valence-electron chi connectivity index (χ0n) is 8.27. The molecule has 0 rings (SSSR count). The van der Waals surface area contributed by atoms with Crippen LogP contribution in [-0.4, -0.2) is 27.2 Å². The molecule has 0 atom stereocenters. The molecular formula is C9H21NO2. The lowest BCUT2D eigenvalue weighted by Gasteiger charge is -1.95. The molecule has 0 unspecified atom stereocenters. The molecule has 1 N–H and O–H groups in total. The summed E-state index contributed by atoms with van der Waals surface area (Å²) in [6, 6.07) is 0. The van der Waals surface area contributed by atoms with Crippen LogP contribution in [0.4, 0.5) is 0 Å². The summed E-state index contributed by atoms with van der Waals surface area (Å²) >= 11 is 0. The Morgan fingerprint density at radius 3 is 1.83 bits per heavy atom. The van der Waals surface area contributed by atoms with Gasteiger partial charge in [-0.05, 0) is 20.0 Å². The van der Waals surface area contributed by atoms with Crippen LogP contribution in [-0.2, 0) is 9.59 Å². The van der Waals surface area contributed by atoms with Crippen molar-refractivity contribution in [3.63, 3.8) is 0 Å². The number of carbonyl (C=O) groups excluding carboxylic acids is 2. The Kier molecular flexibility index (Phi) is 46.0. The molecule has 0 saturated heterocycles. The molecule has 0 saturated carbocycles. The van der Waals surface area contributed by atoms with E-state index in [4.69, 9.17) is 9.59 Å². The number of rotatable bonds is 5. The van der Waals surface area contributed by atoms with E-state index in [-0.39, 0.29) is 0 Å². The van der Waals surface area contributed by atoms with Gasteiger partial charge in [-0.2, -0.15) is 0 Å². The van der Waals surface area contributed by atoms with Crippen molar-refractivity contribution >= 4 is 13.6 Å². The van der Waals surface area contributed by atoms with E-state index in [1.54, 1.807) is 0 Å². The Balaban J connectivity index is -0.000000175. The maximum absolute atomic E-state index is 8.00. The standard InChI is InChI=1S/C7H17N.2CH2O/c1-3-4-5-6-7-8-2;2*1-2/h8H,3-7H2,1-2H3;2*1H2. The smallest absolute Gasteiger partial charge is 0.106 e. The molecule has 0 radical (unpaired) electrons. The van der Waals surface area contributed by atoms with Crippen LogP contribution in [0.5, 0.6) is 0 Å². The zero-order chi connectivity index (χ0) is 10.2. The van der Waals surface area contributed by atoms with E-state index in [9.17, 15) is 0 Å². The van der Waals surface area contributed by atoms with E-state index < -0.39 is 0 Å². The molecule has 12 heavy (non-hydrogen) atoms. The van der Waals surface area contributed by atoms with E-state index >= 15 is 0 Å². The first-order valence-electron chi connectivity index (χ1n) is 4.14. The average molecular weight is 175 g/mol. The van der Waals surface area contributed by atoms with Crippen molar-refractivity contribution < 1.29 is 9.59 Å². The molecule has 74 valence electrons. The topological polar surface area (TPSA) is 46.2 Å². The summed E-state index contributed by atoms with van der Waals surface area (Å²) < 4.78 is 0. The summed E-state index contributed by atoms with van der Waals surface area (Å²) in [5, 5.41) is 3.13. The summed E-state index contributed by atoms with van der Waals surface area (Å²) in [5.74, 6) is 0. The summed E-state index contributed by atoms with van der Waals surface area (Å²) in [6.07, 6.45) is 5.45. The highest BCUT2D eigenvalue weighted by Gasteiger charge is 1.82. The quantitative estimate of drug-likeness (QED) is 0.643. The minimum absolute atomic E-state index is 1.18. The van der Waals surface area contributed by atoms with Gasteiger partial charge in [-0.1, -0.05) is 26.2 Å². The van der Waals surface area contributed by atoms with Gasteiger partial charge in [-0.15, -0.1) is 0 Å². The Morgan fingerprint density at radius 2 is 1.50 bits per heavy atom. The first kappa shape index (κ1) is 17.4. The third kappa shape index (κ3) is 34.6. The Labute approximate surface area is 75.5 Å². The average Bonchev–Trinajstić information content (AvgIpc) is 2.19. The Hall–Kier alpha value is -0.700. The fraction of sp³-hybridized carbons (Fsp3) is 0.778. The number of carbonyl (C=O) groups is 2. The predicted octanol–water partition coefficient (Wildman–Crippen LogP) is 1.42. The van der Waals surface area contributed by atoms with Gasteiger partial charge in [0.05, 0.1) is 0 Å². The van der Waals surface area contributed by atoms with Gasteiger partial charge in [-0.3, -0.25) is 0 Å². The summed E-state index contributed by atoms with van der Waals surface area (Å²) in [6.45, 7) is 7.42. The first-order chi connectivity index (χ1) is 5.91. The molecule has 0 bridgehead atoms. The van der Waals surface area contributed by atoms with Gasteiger partial charge < -0.3 is 14.9 Å². The largest absolute Gasteiger partial charge is 0.320 e. The predicted molar refractivity (Wildman–Crippen MR) is 52.3 cm³/mol. The molecular weight excluding hydrogens is 154 g/mol. The van der Waals surface area contributed by atoms with E-state index in [2.05, 4.69) is 12.2 Å². The van der Waals surface area contributed by atoms with Gasteiger partial charge in [0, 0.05) is 0 Å². The van der Waals surface area contributed by atoms with Gasteiger partial charge >= 0.3 is 0 Å². The van der Waals surface area contributed by atoms with Crippen molar-refractivity contribution in [1.29, 1.82) is 0 Å². The SMILES string of the molecule is C=O.C=O.CCCCCCNC. The van der Waals surface area contributed by atoms with E-state index in [1.165, 1.54) is 32.2 Å². The van der Waals surface area contributed by atoms with Crippen LogP contribution >= 0.6 is 0 Å². The first-order valence-corrected chi connectivity index (χ1v) is 4.14. The molecule has 3 heteroatoms. The maximum Gasteiger partial charge on any atom is 0.106 e. The highest BCUT2D eigenvalue weighted by Crippen LogP contribution is 1.96. The van der Waals surface area contributed by atoms with Gasteiger partial charge in [0.1, 0.15) is 13.6 Å². The van der Waals surface area contributed by atoms with Gasteiger partial charge in [0.15, 0.2) is 0 Å². The summed E-state index contributed by atoms with van der Waals surface area (Å²) in [4.78, 5) is 16.0. The summed E-state index contributed by atoms with van der Waals surface area (Å²) in [7, 11) is 2.01. The molecule has 0 spiro atoms.